The Morgan fingerprint density at radius 2 is 1.76 bits per heavy atom. The predicted octanol–water partition coefficient (Wildman–Crippen LogP) is 5.60. The fourth-order valence-electron chi connectivity index (χ4n) is 12.3. The molecule has 4 amide bonds. The van der Waals surface area contributed by atoms with Crippen LogP contribution in [0, 0.1) is 23.2 Å². The van der Waals surface area contributed by atoms with Crippen molar-refractivity contribution in [3.05, 3.63) is 88.9 Å². The number of carbonyl (C=O) groups excluding carboxylic acids is 3. The van der Waals surface area contributed by atoms with Crippen molar-refractivity contribution in [2.75, 3.05) is 50.8 Å². The van der Waals surface area contributed by atoms with Crippen LogP contribution in [0.1, 0.15) is 112 Å². The number of aromatic hydroxyl groups is 1. The van der Waals surface area contributed by atoms with E-state index >= 15 is 0 Å². The van der Waals surface area contributed by atoms with Crippen LogP contribution < -0.4 is 20.3 Å². The molecule has 11 rings (SSSR count). The number of nitrogens with one attached hydrogen (secondary N) is 3. The van der Waals surface area contributed by atoms with E-state index in [1.807, 2.05) is 68.4 Å². The molecular weight excluding hydrogens is 899 g/mol. The highest BCUT2D eigenvalue weighted by Gasteiger charge is 2.56. The highest BCUT2D eigenvalue weighted by atomic mass is 16.5. The number of likely N-dealkylation sites (tertiary alicyclic amines) is 3. The van der Waals surface area contributed by atoms with Gasteiger partial charge < -0.3 is 50.2 Å². The van der Waals surface area contributed by atoms with E-state index in [-0.39, 0.29) is 54.1 Å². The second-order valence-corrected chi connectivity index (χ2v) is 21.9. The Morgan fingerprint density at radius 1 is 1.00 bits per heavy atom. The number of benzene rings is 2. The van der Waals surface area contributed by atoms with Crippen molar-refractivity contribution in [3.63, 3.8) is 0 Å². The zero-order valence-corrected chi connectivity index (χ0v) is 40.9. The number of β-amino-alcohol motifs (C(OH)–C–C–N with tert-alkyl or cyclic N) is 1. The summed E-state index contributed by atoms with van der Waals surface area (Å²) in [6.07, 6.45) is 14.4. The Hall–Kier alpha value is -6.77. The first-order valence-electron chi connectivity index (χ1n) is 25.2. The van der Waals surface area contributed by atoms with Gasteiger partial charge in [0.2, 0.25) is 17.8 Å². The number of phenols is 1. The first-order valence-corrected chi connectivity index (χ1v) is 25.2. The van der Waals surface area contributed by atoms with Gasteiger partial charge >= 0.3 is 6.03 Å². The van der Waals surface area contributed by atoms with Crippen molar-refractivity contribution in [2.45, 2.75) is 115 Å². The molecule has 5 aromatic rings. The monoisotopic (exact) mass is 961 g/mol. The summed E-state index contributed by atoms with van der Waals surface area (Å²) in [7, 11) is 0. The predicted molar refractivity (Wildman–Crippen MR) is 266 cm³/mol. The van der Waals surface area contributed by atoms with Gasteiger partial charge in [0.1, 0.15) is 23.6 Å². The maximum atomic E-state index is 14.4. The number of aliphatic hydroxyl groups is 1. The number of hydrogen-bond acceptors (Lipinski definition) is 12. The van der Waals surface area contributed by atoms with Crippen LogP contribution in [0.2, 0.25) is 0 Å². The molecule has 5 aliphatic heterocycles. The van der Waals surface area contributed by atoms with Gasteiger partial charge in [0.25, 0.3) is 0 Å². The first kappa shape index (κ1) is 46.6. The minimum atomic E-state index is -0.903. The van der Waals surface area contributed by atoms with Gasteiger partial charge in [-0.15, -0.1) is 16.6 Å². The standard InChI is InChI=1S/C54H63N11O6/c1-6-32-11-12-38-40(16-20-71-45(38)21-32)58-49(68)43-22-36(66)28-65(43)50(69)47(53(3,4)5)59-52(70)63-29-54(30-63)24-35(25-54)62-17-13-33(14-18-62)34-26-55-51(56-27-34)64-19-15-41-46(31(64)2)39-23-42(60-61-48(39)57-41)37-9-7-8-10-44(37)67/h1,7-12,21,23,26-27,31,33,35-36,40,43,47,66-67H,13-20,22,24-25,28-30H2,2-5H3,(H,57,61)(H,58,68)(H,59,70)/t31-,36-,40-,43+,47-/m1/s1. The number of urea groups is 1. The molecule has 2 aromatic carbocycles. The fraction of sp³-hybridized carbons (Fsp3) is 0.500. The minimum absolute atomic E-state index is 0.00813. The third-order valence-electron chi connectivity index (χ3n) is 16.2. The first-order chi connectivity index (χ1) is 34.1. The Morgan fingerprint density at radius 3 is 2.49 bits per heavy atom. The van der Waals surface area contributed by atoms with E-state index in [0.29, 0.717) is 66.6 Å². The van der Waals surface area contributed by atoms with Crippen LogP contribution in [-0.2, 0) is 16.0 Å². The summed E-state index contributed by atoms with van der Waals surface area (Å²) >= 11 is 0. The normalized spacial score (nSPS) is 23.7. The molecule has 3 saturated heterocycles. The van der Waals surface area contributed by atoms with Crippen molar-refractivity contribution < 1.29 is 29.3 Å². The molecule has 17 nitrogen and oxygen atoms in total. The van der Waals surface area contributed by atoms with E-state index in [1.54, 1.807) is 18.2 Å². The average molecular weight is 962 g/mol. The van der Waals surface area contributed by atoms with E-state index in [9.17, 15) is 24.6 Å². The number of terminal acetylenes is 1. The number of hydrogen-bond donors (Lipinski definition) is 5. The van der Waals surface area contributed by atoms with Crippen molar-refractivity contribution in [3.8, 4) is 35.1 Å². The van der Waals surface area contributed by atoms with Gasteiger partial charge in [0.05, 0.1) is 30.5 Å². The number of para-hydroxylation sites is 1. The number of aliphatic hydroxyl groups excluding tert-OH is 1. The summed E-state index contributed by atoms with van der Waals surface area (Å²) < 4.78 is 5.83. The molecule has 0 bridgehead atoms. The molecule has 0 radical (unpaired) electrons. The molecule has 370 valence electrons. The third kappa shape index (κ3) is 8.68. The Balaban J connectivity index is 0.656. The molecular formula is C54H63N11O6. The summed E-state index contributed by atoms with van der Waals surface area (Å²) in [5.41, 5.74) is 6.42. The van der Waals surface area contributed by atoms with E-state index in [4.69, 9.17) is 21.1 Å². The van der Waals surface area contributed by atoms with E-state index in [2.05, 4.69) is 48.5 Å². The van der Waals surface area contributed by atoms with Crippen LogP contribution in [-0.4, -0.2) is 138 Å². The number of nitrogens with zero attached hydrogens (tertiary/aromatic N) is 8. The van der Waals surface area contributed by atoms with Crippen LogP contribution in [0.3, 0.4) is 0 Å². The maximum Gasteiger partial charge on any atom is 0.318 e. The number of aromatic nitrogens is 5. The lowest BCUT2D eigenvalue weighted by atomic mass is 9.60. The molecule has 1 aliphatic carbocycles. The van der Waals surface area contributed by atoms with Gasteiger partial charge in [-0.3, -0.25) is 9.59 Å². The lowest BCUT2D eigenvalue weighted by Crippen LogP contribution is -2.70. The molecule has 5 atom stereocenters. The Bertz CT molecular complexity index is 2910. The maximum absolute atomic E-state index is 14.4. The number of aromatic amines is 1. The molecule has 1 saturated carbocycles. The topological polar surface area (TPSA) is 205 Å². The second-order valence-electron chi connectivity index (χ2n) is 21.9. The number of anilines is 1. The number of rotatable bonds is 8. The largest absolute Gasteiger partial charge is 0.507 e. The quantitative estimate of drug-likeness (QED) is 0.121. The van der Waals surface area contributed by atoms with Gasteiger partial charge in [-0.2, -0.15) is 0 Å². The molecule has 17 heteroatoms. The molecule has 0 unspecified atom stereocenters. The molecule has 71 heavy (non-hydrogen) atoms. The van der Waals surface area contributed by atoms with Crippen LogP contribution in [0.25, 0.3) is 22.3 Å². The molecule has 1 spiro atoms. The van der Waals surface area contributed by atoms with Crippen LogP contribution in [0.4, 0.5) is 10.7 Å². The molecule has 8 heterocycles. The summed E-state index contributed by atoms with van der Waals surface area (Å²) in [5.74, 6) is 3.79. The highest BCUT2D eigenvalue weighted by Crippen LogP contribution is 2.51. The third-order valence-corrected chi connectivity index (χ3v) is 16.2. The van der Waals surface area contributed by atoms with Gasteiger partial charge in [0.15, 0.2) is 5.65 Å². The number of phenolic OH excluding ortho intramolecular Hbond substituents is 1. The van der Waals surface area contributed by atoms with Crippen molar-refractivity contribution in [2.24, 2.45) is 10.8 Å². The SMILES string of the molecule is C#Cc1ccc2c(c1)OCC[C@H]2NC(=O)[C@@H]1C[C@@H](O)CN1C(=O)[C@@H](NC(=O)N1CC2(CC(N3CCC(c4cnc(N5CCc6[nH]c7nnc(-c8ccccc8O)cc7c6[C@H]5C)nc4)CC3)C2)C1)C(C)(C)C. The van der Waals surface area contributed by atoms with Crippen molar-refractivity contribution in [1.82, 2.24) is 50.5 Å². The van der Waals surface area contributed by atoms with Crippen molar-refractivity contribution >= 4 is 34.8 Å². The van der Waals surface area contributed by atoms with E-state index in [1.165, 1.54) is 10.5 Å². The van der Waals surface area contributed by atoms with Crippen LogP contribution >= 0.6 is 0 Å². The van der Waals surface area contributed by atoms with Crippen molar-refractivity contribution in [1.29, 1.82) is 0 Å². The summed E-state index contributed by atoms with van der Waals surface area (Å²) in [4.78, 5) is 63.5. The minimum Gasteiger partial charge on any atom is -0.507 e. The Labute approximate surface area is 413 Å². The molecule has 4 fully saturated rings. The van der Waals surface area contributed by atoms with Crippen LogP contribution in [0.5, 0.6) is 11.5 Å². The lowest BCUT2D eigenvalue weighted by molar-refractivity contribution is -0.142. The number of amides is 4. The molecule has 5 N–H and O–H groups in total. The van der Waals surface area contributed by atoms with Gasteiger partial charge in [0, 0.05) is 103 Å². The number of H-pyrrole nitrogens is 1. The van der Waals surface area contributed by atoms with E-state index < -0.39 is 23.6 Å². The van der Waals surface area contributed by atoms with E-state index in [0.717, 1.165) is 79.6 Å². The zero-order valence-electron chi connectivity index (χ0n) is 40.9. The fourth-order valence-corrected chi connectivity index (χ4v) is 12.3. The number of carbonyl (C=O) groups is 3. The van der Waals surface area contributed by atoms with Gasteiger partial charge in [-0.25, -0.2) is 14.8 Å². The molecule has 6 aliphatic rings. The lowest BCUT2D eigenvalue weighted by Gasteiger charge is -2.61. The number of ether oxygens (including phenoxy) is 1. The van der Waals surface area contributed by atoms with Gasteiger partial charge in [-0.1, -0.05) is 44.9 Å². The Kier molecular flexibility index (Phi) is 11.9. The highest BCUT2D eigenvalue weighted by molar-refractivity contribution is 5.93. The summed E-state index contributed by atoms with van der Waals surface area (Å²) in [6, 6.07) is 12.7. The summed E-state index contributed by atoms with van der Waals surface area (Å²) in [5, 5.41) is 37.3. The average Bonchev–Trinajstić information content (AvgIpc) is 3.93. The molecule has 3 aromatic heterocycles. The smallest absolute Gasteiger partial charge is 0.318 e. The van der Waals surface area contributed by atoms with Gasteiger partial charge in [-0.05, 0) is 92.9 Å². The van der Waals surface area contributed by atoms with Crippen LogP contribution in [0.15, 0.2) is 60.9 Å². The second kappa shape index (κ2) is 18.1. The zero-order chi connectivity index (χ0) is 49.3. The number of piperidine rings is 1. The number of fused-ring (bicyclic) bond motifs is 4. The summed E-state index contributed by atoms with van der Waals surface area (Å²) in [6.45, 7) is 12.4.